The molecule has 7 heteroatoms. The highest BCUT2D eigenvalue weighted by molar-refractivity contribution is 9.10. The smallest absolute Gasteiger partial charge is 0.263 e. The van der Waals surface area contributed by atoms with Gasteiger partial charge in [0.1, 0.15) is 0 Å². The zero-order valence-electron chi connectivity index (χ0n) is 10.9. The van der Waals surface area contributed by atoms with Crippen molar-refractivity contribution < 1.29 is 13.2 Å². The van der Waals surface area contributed by atoms with E-state index in [0.717, 1.165) is 5.56 Å². The maximum atomic E-state index is 12.2. The van der Waals surface area contributed by atoms with E-state index < -0.39 is 10.0 Å². The van der Waals surface area contributed by atoms with Crippen LogP contribution in [0.3, 0.4) is 0 Å². The van der Waals surface area contributed by atoms with Crippen molar-refractivity contribution in [3.05, 3.63) is 46.6 Å². The molecule has 106 valence electrons. The number of pyridine rings is 1. The molecular formula is C13H13BrN2O3S. The molecule has 0 atom stereocenters. The van der Waals surface area contributed by atoms with E-state index >= 15 is 0 Å². The van der Waals surface area contributed by atoms with E-state index in [1.807, 2.05) is 6.92 Å². The standard InChI is InChI=1S/C13H13BrN2O3S/c1-9-3-5-11(6-4-9)20(17,18)16-13-12(19-2)7-10(14)8-15-13/h3-8H,1-2H3,(H,15,16). The molecule has 0 aliphatic carbocycles. The maximum Gasteiger partial charge on any atom is 0.263 e. The van der Waals surface area contributed by atoms with Crippen LogP contribution in [0.15, 0.2) is 45.9 Å². The maximum absolute atomic E-state index is 12.2. The van der Waals surface area contributed by atoms with Crippen LogP contribution in [0.4, 0.5) is 5.82 Å². The van der Waals surface area contributed by atoms with Gasteiger partial charge < -0.3 is 4.74 Å². The van der Waals surface area contributed by atoms with Crippen LogP contribution >= 0.6 is 15.9 Å². The summed E-state index contributed by atoms with van der Waals surface area (Å²) in [5, 5.41) is 0. The molecule has 1 N–H and O–H groups in total. The predicted octanol–water partition coefficient (Wildman–Crippen LogP) is 2.96. The third-order valence-corrected chi connectivity index (χ3v) is 4.39. The summed E-state index contributed by atoms with van der Waals surface area (Å²) in [6.07, 6.45) is 1.50. The van der Waals surface area contributed by atoms with Crippen LogP contribution in [0.1, 0.15) is 5.56 Å². The van der Waals surface area contributed by atoms with E-state index in [0.29, 0.717) is 10.2 Å². The van der Waals surface area contributed by atoms with Crippen LogP contribution in [-0.2, 0) is 10.0 Å². The largest absolute Gasteiger partial charge is 0.493 e. The van der Waals surface area contributed by atoms with Gasteiger partial charge in [0.25, 0.3) is 10.0 Å². The lowest BCUT2D eigenvalue weighted by molar-refractivity contribution is 0.415. The number of benzene rings is 1. The van der Waals surface area contributed by atoms with E-state index in [-0.39, 0.29) is 10.7 Å². The molecule has 0 unspecified atom stereocenters. The fourth-order valence-corrected chi connectivity index (χ4v) is 2.89. The van der Waals surface area contributed by atoms with Crippen molar-refractivity contribution in [2.24, 2.45) is 0 Å². The fraction of sp³-hybridized carbons (Fsp3) is 0.154. The Labute approximate surface area is 126 Å². The van der Waals surface area contributed by atoms with Crippen LogP contribution in [0.5, 0.6) is 5.75 Å². The first-order valence-corrected chi connectivity index (χ1v) is 7.99. The first-order valence-electron chi connectivity index (χ1n) is 5.71. The topological polar surface area (TPSA) is 68.3 Å². The molecule has 1 heterocycles. The molecule has 1 aromatic carbocycles. The van der Waals surface area contributed by atoms with Gasteiger partial charge in [0, 0.05) is 10.7 Å². The van der Waals surface area contributed by atoms with Gasteiger partial charge >= 0.3 is 0 Å². The molecule has 0 radical (unpaired) electrons. The molecule has 5 nitrogen and oxygen atoms in total. The van der Waals surface area contributed by atoms with Gasteiger partial charge in [0.15, 0.2) is 11.6 Å². The second kappa shape index (κ2) is 5.80. The molecule has 0 amide bonds. The number of ether oxygens (including phenoxy) is 1. The Kier molecular flexibility index (Phi) is 4.29. The summed E-state index contributed by atoms with van der Waals surface area (Å²) in [5.41, 5.74) is 0.989. The first kappa shape index (κ1) is 14.8. The zero-order valence-corrected chi connectivity index (χ0v) is 13.3. The number of aryl methyl sites for hydroxylation is 1. The summed E-state index contributed by atoms with van der Waals surface area (Å²) in [6.45, 7) is 1.89. The SMILES string of the molecule is COc1cc(Br)cnc1NS(=O)(=O)c1ccc(C)cc1. The number of anilines is 1. The highest BCUT2D eigenvalue weighted by Gasteiger charge is 2.17. The molecule has 0 saturated carbocycles. The fourth-order valence-electron chi connectivity index (χ4n) is 1.56. The van der Waals surface area contributed by atoms with E-state index in [1.54, 1.807) is 30.3 Å². The predicted molar refractivity (Wildman–Crippen MR) is 80.5 cm³/mol. The van der Waals surface area contributed by atoms with Crippen molar-refractivity contribution in [2.75, 3.05) is 11.8 Å². The Balaban J connectivity index is 2.35. The van der Waals surface area contributed by atoms with Crippen LogP contribution in [-0.4, -0.2) is 20.5 Å². The van der Waals surface area contributed by atoms with Crippen LogP contribution in [0, 0.1) is 6.92 Å². The number of methoxy groups -OCH3 is 1. The van der Waals surface area contributed by atoms with Crippen LogP contribution in [0.2, 0.25) is 0 Å². The third kappa shape index (κ3) is 3.29. The Morgan fingerprint density at radius 3 is 2.50 bits per heavy atom. The minimum absolute atomic E-state index is 0.149. The van der Waals surface area contributed by atoms with Gasteiger partial charge in [-0.15, -0.1) is 0 Å². The van der Waals surface area contributed by atoms with Crippen molar-refractivity contribution in [3.8, 4) is 5.75 Å². The Morgan fingerprint density at radius 2 is 1.90 bits per heavy atom. The van der Waals surface area contributed by atoms with E-state index in [2.05, 4.69) is 25.6 Å². The van der Waals surface area contributed by atoms with Gasteiger partial charge in [-0.3, -0.25) is 4.72 Å². The first-order chi connectivity index (χ1) is 9.42. The zero-order chi connectivity index (χ0) is 14.8. The minimum Gasteiger partial charge on any atom is -0.493 e. The monoisotopic (exact) mass is 356 g/mol. The van der Waals surface area contributed by atoms with Crippen molar-refractivity contribution in [1.82, 2.24) is 4.98 Å². The number of sulfonamides is 1. The molecule has 0 saturated heterocycles. The average molecular weight is 357 g/mol. The van der Waals surface area contributed by atoms with Crippen LogP contribution in [0.25, 0.3) is 0 Å². The van der Waals surface area contributed by atoms with Crippen molar-refractivity contribution in [3.63, 3.8) is 0 Å². The summed E-state index contributed by atoms with van der Waals surface area (Å²) in [6, 6.07) is 8.20. The molecule has 0 spiro atoms. The number of nitrogens with zero attached hydrogens (tertiary/aromatic N) is 1. The summed E-state index contributed by atoms with van der Waals surface area (Å²) < 4.78 is 32.7. The molecular weight excluding hydrogens is 344 g/mol. The summed E-state index contributed by atoms with van der Waals surface area (Å²) >= 11 is 3.25. The summed E-state index contributed by atoms with van der Waals surface area (Å²) in [7, 11) is -2.23. The Bertz CT molecular complexity index is 715. The van der Waals surface area contributed by atoms with Gasteiger partial charge in [-0.2, -0.15) is 0 Å². The molecule has 1 aromatic heterocycles. The lowest BCUT2D eigenvalue weighted by Crippen LogP contribution is -2.14. The number of hydrogen-bond donors (Lipinski definition) is 1. The quantitative estimate of drug-likeness (QED) is 0.914. The second-order valence-corrected chi connectivity index (χ2v) is 6.72. The Morgan fingerprint density at radius 1 is 1.25 bits per heavy atom. The molecule has 0 aliphatic heterocycles. The van der Waals surface area contributed by atoms with Crippen molar-refractivity contribution in [2.45, 2.75) is 11.8 Å². The third-order valence-electron chi connectivity index (χ3n) is 2.60. The number of hydrogen-bond acceptors (Lipinski definition) is 4. The number of nitrogens with one attached hydrogen (secondary N) is 1. The van der Waals surface area contributed by atoms with Crippen molar-refractivity contribution in [1.29, 1.82) is 0 Å². The van der Waals surface area contributed by atoms with Gasteiger partial charge in [0.05, 0.1) is 12.0 Å². The average Bonchev–Trinajstić information content (AvgIpc) is 2.41. The van der Waals surface area contributed by atoms with E-state index in [1.165, 1.54) is 13.3 Å². The van der Waals surface area contributed by atoms with E-state index in [9.17, 15) is 8.42 Å². The second-order valence-electron chi connectivity index (χ2n) is 4.12. The molecule has 20 heavy (non-hydrogen) atoms. The minimum atomic E-state index is -3.68. The van der Waals surface area contributed by atoms with Gasteiger partial charge in [-0.05, 0) is 41.1 Å². The summed E-state index contributed by atoms with van der Waals surface area (Å²) in [5.74, 6) is 0.492. The number of aromatic nitrogens is 1. The summed E-state index contributed by atoms with van der Waals surface area (Å²) in [4.78, 5) is 4.19. The lowest BCUT2D eigenvalue weighted by Gasteiger charge is -2.11. The number of halogens is 1. The van der Waals surface area contributed by atoms with Gasteiger partial charge in [-0.1, -0.05) is 17.7 Å². The Hall–Kier alpha value is -1.60. The molecule has 0 bridgehead atoms. The molecule has 0 aliphatic rings. The molecule has 2 aromatic rings. The molecule has 2 rings (SSSR count). The van der Waals surface area contributed by atoms with E-state index in [4.69, 9.17) is 4.74 Å². The normalized spacial score (nSPS) is 11.2. The highest BCUT2D eigenvalue weighted by atomic mass is 79.9. The van der Waals surface area contributed by atoms with Crippen molar-refractivity contribution >= 4 is 31.8 Å². The molecule has 0 fully saturated rings. The van der Waals surface area contributed by atoms with Crippen LogP contribution < -0.4 is 9.46 Å². The van der Waals surface area contributed by atoms with Gasteiger partial charge in [-0.25, -0.2) is 13.4 Å². The van der Waals surface area contributed by atoms with Gasteiger partial charge in [0.2, 0.25) is 0 Å². The lowest BCUT2D eigenvalue weighted by atomic mass is 10.2. The number of rotatable bonds is 4. The highest BCUT2D eigenvalue weighted by Crippen LogP contribution is 2.27.